The number of carbonyl (C=O) groups is 1. The molecule has 1 aromatic heterocycles. The highest BCUT2D eigenvalue weighted by molar-refractivity contribution is 5.76. The zero-order valence-corrected chi connectivity index (χ0v) is 14.1. The summed E-state index contributed by atoms with van der Waals surface area (Å²) in [7, 11) is 0. The molecule has 132 valence electrons. The molecule has 0 fully saturated rings. The van der Waals surface area contributed by atoms with Gasteiger partial charge >= 0.3 is 0 Å². The lowest BCUT2D eigenvalue weighted by atomic mass is 9.88. The molecule has 0 spiro atoms. The van der Waals surface area contributed by atoms with Crippen molar-refractivity contribution in [3.8, 4) is 11.4 Å². The topological polar surface area (TPSA) is 72.7 Å². The van der Waals surface area contributed by atoms with Crippen LogP contribution in [0.25, 0.3) is 11.4 Å². The van der Waals surface area contributed by atoms with Gasteiger partial charge in [-0.2, -0.15) is 4.80 Å². The molecule has 6 nitrogen and oxygen atoms in total. The Morgan fingerprint density at radius 1 is 1.23 bits per heavy atom. The van der Waals surface area contributed by atoms with E-state index in [0.717, 1.165) is 19.3 Å². The molecule has 1 amide bonds. The molecule has 1 aliphatic rings. The average Bonchev–Trinajstić information content (AvgIpc) is 3.10. The van der Waals surface area contributed by atoms with Gasteiger partial charge in [-0.1, -0.05) is 36.4 Å². The molecule has 1 aliphatic carbocycles. The number of carbonyl (C=O) groups excluding carboxylic acids is 1. The summed E-state index contributed by atoms with van der Waals surface area (Å²) in [5.74, 6) is -0.247. The fourth-order valence-corrected chi connectivity index (χ4v) is 3.33. The fourth-order valence-electron chi connectivity index (χ4n) is 3.33. The van der Waals surface area contributed by atoms with Crippen molar-refractivity contribution in [2.24, 2.45) is 0 Å². The molecule has 26 heavy (non-hydrogen) atoms. The number of nitrogens with zero attached hydrogens (tertiary/aromatic N) is 4. The van der Waals surface area contributed by atoms with E-state index in [1.807, 2.05) is 12.1 Å². The first kappa shape index (κ1) is 16.4. The fraction of sp³-hybridized carbons (Fsp3) is 0.263. The SMILES string of the molecule is O=C(Cn1nnc(-c2cccc(F)c2)n1)NC1CCCc2ccccc21. The number of nitrogens with one attached hydrogen (secondary N) is 1. The first-order valence-corrected chi connectivity index (χ1v) is 8.60. The maximum Gasteiger partial charge on any atom is 0.244 e. The molecule has 3 aromatic rings. The van der Waals surface area contributed by atoms with Crippen molar-refractivity contribution in [3.63, 3.8) is 0 Å². The second kappa shape index (κ2) is 7.03. The highest BCUT2D eigenvalue weighted by Gasteiger charge is 2.21. The predicted octanol–water partition coefficient (Wildman–Crippen LogP) is 2.67. The minimum Gasteiger partial charge on any atom is -0.348 e. The quantitative estimate of drug-likeness (QED) is 0.784. The lowest BCUT2D eigenvalue weighted by Gasteiger charge is -2.26. The van der Waals surface area contributed by atoms with Crippen LogP contribution >= 0.6 is 0 Å². The van der Waals surface area contributed by atoms with Crippen LogP contribution in [0, 0.1) is 5.82 Å². The summed E-state index contributed by atoms with van der Waals surface area (Å²) in [6, 6.07) is 14.2. The van der Waals surface area contributed by atoms with Gasteiger partial charge in [-0.25, -0.2) is 4.39 Å². The maximum atomic E-state index is 13.3. The Morgan fingerprint density at radius 2 is 2.12 bits per heavy atom. The van der Waals surface area contributed by atoms with E-state index in [2.05, 4.69) is 32.9 Å². The lowest BCUT2D eigenvalue weighted by molar-refractivity contribution is -0.122. The zero-order valence-electron chi connectivity index (χ0n) is 14.1. The largest absolute Gasteiger partial charge is 0.348 e. The monoisotopic (exact) mass is 351 g/mol. The summed E-state index contributed by atoms with van der Waals surface area (Å²) in [6.07, 6.45) is 3.01. The molecule has 1 atom stereocenters. The summed E-state index contributed by atoms with van der Waals surface area (Å²) in [6.45, 7) is -0.0268. The summed E-state index contributed by atoms with van der Waals surface area (Å²) < 4.78 is 13.3. The average molecular weight is 351 g/mol. The number of amides is 1. The molecule has 7 heteroatoms. The second-order valence-electron chi connectivity index (χ2n) is 6.36. The van der Waals surface area contributed by atoms with Crippen molar-refractivity contribution in [1.82, 2.24) is 25.5 Å². The van der Waals surface area contributed by atoms with Crippen LogP contribution in [-0.4, -0.2) is 26.1 Å². The number of hydrogen-bond donors (Lipinski definition) is 1. The molecule has 1 unspecified atom stereocenters. The number of hydrogen-bond acceptors (Lipinski definition) is 4. The Hall–Kier alpha value is -3.09. The summed E-state index contributed by atoms with van der Waals surface area (Å²) >= 11 is 0. The van der Waals surface area contributed by atoms with Gasteiger partial charge in [-0.05, 0) is 47.7 Å². The Balaban J connectivity index is 1.43. The highest BCUT2D eigenvalue weighted by atomic mass is 19.1. The maximum absolute atomic E-state index is 13.3. The molecule has 0 saturated heterocycles. The highest BCUT2D eigenvalue weighted by Crippen LogP contribution is 2.29. The molecule has 1 N–H and O–H groups in total. The van der Waals surface area contributed by atoms with Crippen LogP contribution in [0.2, 0.25) is 0 Å². The van der Waals surface area contributed by atoms with Crippen molar-refractivity contribution in [3.05, 3.63) is 65.5 Å². The van der Waals surface area contributed by atoms with Gasteiger partial charge in [0.25, 0.3) is 0 Å². The molecule has 0 saturated carbocycles. The number of benzene rings is 2. The first-order valence-electron chi connectivity index (χ1n) is 8.60. The van der Waals surface area contributed by atoms with Crippen LogP contribution in [0.1, 0.15) is 30.0 Å². The van der Waals surface area contributed by atoms with Gasteiger partial charge < -0.3 is 5.32 Å². The van der Waals surface area contributed by atoms with E-state index in [-0.39, 0.29) is 24.3 Å². The van der Waals surface area contributed by atoms with E-state index in [0.29, 0.717) is 11.4 Å². The number of halogens is 1. The van der Waals surface area contributed by atoms with Crippen LogP contribution in [0.15, 0.2) is 48.5 Å². The van der Waals surface area contributed by atoms with Gasteiger partial charge in [-0.3, -0.25) is 4.79 Å². The molecule has 2 aromatic carbocycles. The van der Waals surface area contributed by atoms with Gasteiger partial charge in [-0.15, -0.1) is 10.2 Å². The third kappa shape index (κ3) is 3.46. The first-order chi connectivity index (χ1) is 12.7. The molecule has 0 aliphatic heterocycles. The van der Waals surface area contributed by atoms with Gasteiger partial charge in [0.2, 0.25) is 11.7 Å². The van der Waals surface area contributed by atoms with E-state index in [1.54, 1.807) is 12.1 Å². The van der Waals surface area contributed by atoms with Gasteiger partial charge in [0.05, 0.1) is 6.04 Å². The van der Waals surface area contributed by atoms with Crippen molar-refractivity contribution < 1.29 is 9.18 Å². The van der Waals surface area contributed by atoms with E-state index >= 15 is 0 Å². The Kier molecular flexibility index (Phi) is 4.43. The molecule has 0 bridgehead atoms. The summed E-state index contributed by atoms with van der Waals surface area (Å²) in [5, 5.41) is 15.0. The predicted molar refractivity (Wildman–Crippen MR) is 93.5 cm³/mol. The zero-order chi connectivity index (χ0) is 17.9. The Labute approximate surface area is 150 Å². The van der Waals surface area contributed by atoms with Crippen molar-refractivity contribution in [2.45, 2.75) is 31.8 Å². The minimum atomic E-state index is -0.368. The van der Waals surface area contributed by atoms with Crippen molar-refractivity contribution in [1.29, 1.82) is 0 Å². The Morgan fingerprint density at radius 3 is 3.00 bits per heavy atom. The van der Waals surface area contributed by atoms with E-state index in [1.165, 1.54) is 28.1 Å². The third-order valence-corrected chi connectivity index (χ3v) is 4.53. The normalized spacial score (nSPS) is 16.1. The van der Waals surface area contributed by atoms with Crippen LogP contribution in [-0.2, 0) is 17.8 Å². The second-order valence-corrected chi connectivity index (χ2v) is 6.36. The van der Waals surface area contributed by atoms with Gasteiger partial charge in [0, 0.05) is 5.56 Å². The molecule has 4 rings (SSSR count). The van der Waals surface area contributed by atoms with Gasteiger partial charge in [0.15, 0.2) is 0 Å². The van der Waals surface area contributed by atoms with E-state index < -0.39 is 0 Å². The summed E-state index contributed by atoms with van der Waals surface area (Å²) in [4.78, 5) is 13.6. The van der Waals surface area contributed by atoms with Crippen molar-refractivity contribution in [2.75, 3.05) is 0 Å². The molecular weight excluding hydrogens is 333 g/mol. The van der Waals surface area contributed by atoms with Crippen LogP contribution in [0.5, 0.6) is 0 Å². The summed E-state index contributed by atoms with van der Waals surface area (Å²) in [5.41, 5.74) is 2.99. The van der Waals surface area contributed by atoms with E-state index in [4.69, 9.17) is 0 Å². The standard InChI is InChI=1S/C19H18FN5O/c20-15-8-3-7-14(11-15)19-22-24-25(23-19)12-18(26)21-17-10-4-6-13-5-1-2-9-16(13)17/h1-3,5,7-9,11,17H,4,6,10,12H2,(H,21,26). The smallest absolute Gasteiger partial charge is 0.244 e. The third-order valence-electron chi connectivity index (χ3n) is 4.53. The number of aromatic nitrogens is 4. The lowest BCUT2D eigenvalue weighted by Crippen LogP contribution is -2.34. The minimum absolute atomic E-state index is 0.0126. The van der Waals surface area contributed by atoms with Crippen LogP contribution in [0.4, 0.5) is 4.39 Å². The molecular formula is C19H18FN5O. The molecule has 1 heterocycles. The van der Waals surface area contributed by atoms with Crippen LogP contribution < -0.4 is 5.32 Å². The Bertz CT molecular complexity index is 939. The molecule has 0 radical (unpaired) electrons. The number of fused-ring (bicyclic) bond motifs is 1. The number of rotatable bonds is 4. The number of aryl methyl sites for hydroxylation is 1. The van der Waals surface area contributed by atoms with Crippen LogP contribution in [0.3, 0.4) is 0 Å². The van der Waals surface area contributed by atoms with Gasteiger partial charge in [0.1, 0.15) is 12.4 Å². The van der Waals surface area contributed by atoms with Crippen molar-refractivity contribution >= 4 is 5.91 Å². The number of tetrazole rings is 1. The van der Waals surface area contributed by atoms with E-state index in [9.17, 15) is 9.18 Å².